The summed E-state index contributed by atoms with van der Waals surface area (Å²) in [4.78, 5) is 8.39. The van der Waals surface area contributed by atoms with E-state index >= 15 is 0 Å². The van der Waals surface area contributed by atoms with Crippen LogP contribution in [0.2, 0.25) is 0 Å². The van der Waals surface area contributed by atoms with Gasteiger partial charge in [-0.15, -0.1) is 11.6 Å². The number of fused-ring (bicyclic) bond motifs is 1. The summed E-state index contributed by atoms with van der Waals surface area (Å²) in [6.07, 6.45) is 4.61. The highest BCUT2D eigenvalue weighted by atomic mass is 35.5. The van der Waals surface area contributed by atoms with Gasteiger partial charge < -0.3 is 14.2 Å². The van der Waals surface area contributed by atoms with Crippen LogP contribution in [-0.4, -0.2) is 39.8 Å². The first-order valence-electron chi connectivity index (χ1n) is 6.50. The van der Waals surface area contributed by atoms with Gasteiger partial charge in [-0.05, 0) is 6.07 Å². The van der Waals surface area contributed by atoms with E-state index in [2.05, 4.69) is 20.2 Å². The number of rotatable bonds is 6. The van der Waals surface area contributed by atoms with Gasteiger partial charge in [0.1, 0.15) is 12.9 Å². The van der Waals surface area contributed by atoms with E-state index in [1.807, 2.05) is 0 Å². The van der Waals surface area contributed by atoms with Crippen molar-refractivity contribution in [2.24, 2.45) is 0 Å². The predicted molar refractivity (Wildman–Crippen MR) is 81.0 cm³/mol. The molecule has 3 rings (SSSR count). The zero-order chi connectivity index (χ0) is 15.4. The zero-order valence-corrected chi connectivity index (χ0v) is 12.5. The number of aromatic nitrogens is 4. The predicted octanol–water partition coefficient (Wildman–Crippen LogP) is 2.77. The van der Waals surface area contributed by atoms with Crippen molar-refractivity contribution in [3.63, 3.8) is 0 Å². The lowest BCUT2D eigenvalue weighted by Gasteiger charge is -2.12. The molecule has 0 bridgehead atoms. The van der Waals surface area contributed by atoms with Crippen LogP contribution in [0.5, 0.6) is 23.1 Å². The number of hydrogen-bond acceptors (Lipinski definition) is 6. The van der Waals surface area contributed by atoms with Crippen molar-refractivity contribution in [3.8, 4) is 23.1 Å². The van der Waals surface area contributed by atoms with Crippen molar-refractivity contribution in [3.05, 3.63) is 30.9 Å². The molecule has 8 heteroatoms. The number of benzene rings is 1. The first-order chi connectivity index (χ1) is 10.8. The number of nitrogens with zero attached hydrogens (tertiary/aromatic N) is 3. The fraction of sp³-hybridized carbons (Fsp3) is 0.214. The lowest BCUT2D eigenvalue weighted by atomic mass is 10.2. The van der Waals surface area contributed by atoms with E-state index < -0.39 is 0 Å². The Morgan fingerprint density at radius 2 is 2.14 bits per heavy atom. The fourth-order valence-corrected chi connectivity index (χ4v) is 2.03. The zero-order valence-electron chi connectivity index (χ0n) is 11.7. The van der Waals surface area contributed by atoms with Crippen molar-refractivity contribution in [1.29, 1.82) is 0 Å². The van der Waals surface area contributed by atoms with Crippen molar-refractivity contribution in [2.45, 2.75) is 0 Å². The average Bonchev–Trinajstić information content (AvgIpc) is 3.05. The van der Waals surface area contributed by atoms with Crippen LogP contribution < -0.4 is 14.2 Å². The maximum atomic E-state index is 5.70. The van der Waals surface area contributed by atoms with Gasteiger partial charge in [0, 0.05) is 6.07 Å². The molecule has 3 aromatic rings. The minimum absolute atomic E-state index is 0.370. The minimum Gasteiger partial charge on any atom is -0.493 e. The van der Waals surface area contributed by atoms with Gasteiger partial charge in [0.05, 0.1) is 36.3 Å². The third-order valence-electron chi connectivity index (χ3n) is 2.91. The number of ether oxygens (including phenoxy) is 3. The van der Waals surface area contributed by atoms with Crippen LogP contribution in [0.4, 0.5) is 0 Å². The van der Waals surface area contributed by atoms with Crippen LogP contribution in [0, 0.1) is 0 Å². The summed E-state index contributed by atoms with van der Waals surface area (Å²) in [5.74, 6) is 2.47. The van der Waals surface area contributed by atoms with Crippen LogP contribution in [0.1, 0.15) is 0 Å². The van der Waals surface area contributed by atoms with Gasteiger partial charge in [0.2, 0.25) is 5.88 Å². The number of halogens is 1. The highest BCUT2D eigenvalue weighted by Gasteiger charge is 2.13. The van der Waals surface area contributed by atoms with E-state index in [-0.39, 0.29) is 0 Å². The molecule has 0 fully saturated rings. The summed E-state index contributed by atoms with van der Waals surface area (Å²) in [6.45, 7) is 0.370. The number of H-pyrrole nitrogens is 1. The van der Waals surface area contributed by atoms with Gasteiger partial charge in [0.15, 0.2) is 17.2 Å². The SMILES string of the molecule is COc1cc2ncnc(Oc3cn[nH]c3)c2cc1OCCCl. The van der Waals surface area contributed by atoms with Gasteiger partial charge in [-0.2, -0.15) is 5.10 Å². The maximum absolute atomic E-state index is 5.70. The molecule has 0 aliphatic rings. The van der Waals surface area contributed by atoms with Crippen LogP contribution >= 0.6 is 11.6 Å². The van der Waals surface area contributed by atoms with E-state index in [1.165, 1.54) is 6.33 Å². The molecule has 2 heterocycles. The topological polar surface area (TPSA) is 82.2 Å². The van der Waals surface area contributed by atoms with E-state index in [0.29, 0.717) is 46.5 Å². The third kappa shape index (κ3) is 2.89. The van der Waals surface area contributed by atoms with E-state index in [9.17, 15) is 0 Å². The molecule has 114 valence electrons. The molecular weight excluding hydrogens is 308 g/mol. The molecule has 0 amide bonds. The molecule has 0 aliphatic heterocycles. The Kier molecular flexibility index (Phi) is 4.24. The molecule has 2 aromatic heterocycles. The number of aromatic amines is 1. The highest BCUT2D eigenvalue weighted by molar-refractivity contribution is 6.18. The smallest absolute Gasteiger partial charge is 0.230 e. The Morgan fingerprint density at radius 1 is 1.23 bits per heavy atom. The van der Waals surface area contributed by atoms with Gasteiger partial charge in [-0.3, -0.25) is 5.10 Å². The molecule has 0 atom stereocenters. The first kappa shape index (κ1) is 14.4. The maximum Gasteiger partial charge on any atom is 0.230 e. The monoisotopic (exact) mass is 320 g/mol. The number of methoxy groups -OCH3 is 1. The lowest BCUT2D eigenvalue weighted by molar-refractivity contribution is 0.313. The quantitative estimate of drug-likeness (QED) is 0.703. The van der Waals surface area contributed by atoms with E-state index in [1.54, 1.807) is 31.6 Å². The van der Waals surface area contributed by atoms with Crippen LogP contribution in [0.3, 0.4) is 0 Å². The standard InChI is InChI=1S/C14H13ClN4O3/c1-20-12-5-11-10(4-13(12)21-3-2-15)14(17-8-16-11)22-9-6-18-19-7-9/h4-8H,2-3H2,1H3,(H,18,19). The average molecular weight is 321 g/mol. The van der Waals surface area contributed by atoms with Gasteiger partial charge >= 0.3 is 0 Å². The fourth-order valence-electron chi connectivity index (χ4n) is 1.95. The van der Waals surface area contributed by atoms with Crippen LogP contribution in [0.25, 0.3) is 10.9 Å². The van der Waals surface area contributed by atoms with Crippen molar-refractivity contribution in [1.82, 2.24) is 20.2 Å². The summed E-state index contributed by atoms with van der Waals surface area (Å²) in [5.41, 5.74) is 0.684. The molecule has 0 spiro atoms. The number of hydrogen-bond donors (Lipinski definition) is 1. The molecule has 0 saturated carbocycles. The molecule has 0 unspecified atom stereocenters. The van der Waals surface area contributed by atoms with Gasteiger partial charge in [-0.25, -0.2) is 9.97 Å². The summed E-state index contributed by atoms with van der Waals surface area (Å²) in [7, 11) is 1.57. The molecule has 0 radical (unpaired) electrons. The Balaban J connectivity index is 2.05. The van der Waals surface area contributed by atoms with Crippen LogP contribution in [-0.2, 0) is 0 Å². The highest BCUT2D eigenvalue weighted by Crippen LogP contribution is 2.35. The molecule has 0 saturated heterocycles. The van der Waals surface area contributed by atoms with Crippen molar-refractivity contribution < 1.29 is 14.2 Å². The summed E-state index contributed by atoms with van der Waals surface area (Å²) >= 11 is 5.67. The summed E-state index contributed by atoms with van der Waals surface area (Å²) in [6, 6.07) is 3.54. The Labute approximate surface area is 131 Å². The van der Waals surface area contributed by atoms with Crippen LogP contribution in [0.15, 0.2) is 30.9 Å². The second-order valence-corrected chi connectivity index (χ2v) is 4.65. The molecular formula is C14H13ClN4O3. The lowest BCUT2D eigenvalue weighted by Crippen LogP contribution is -2.01. The molecule has 1 N–H and O–H groups in total. The second kappa shape index (κ2) is 6.48. The summed E-state index contributed by atoms with van der Waals surface area (Å²) in [5, 5.41) is 7.21. The molecule has 1 aromatic carbocycles. The Bertz CT molecular complexity index is 764. The van der Waals surface area contributed by atoms with Crippen molar-refractivity contribution >= 4 is 22.5 Å². The minimum atomic E-state index is 0.370. The number of alkyl halides is 1. The first-order valence-corrected chi connectivity index (χ1v) is 7.03. The van der Waals surface area contributed by atoms with Gasteiger partial charge in [0.25, 0.3) is 0 Å². The second-order valence-electron chi connectivity index (χ2n) is 4.27. The Morgan fingerprint density at radius 3 is 2.86 bits per heavy atom. The largest absolute Gasteiger partial charge is 0.493 e. The van der Waals surface area contributed by atoms with E-state index in [0.717, 1.165) is 0 Å². The third-order valence-corrected chi connectivity index (χ3v) is 3.06. The number of nitrogens with one attached hydrogen (secondary N) is 1. The molecule has 7 nitrogen and oxygen atoms in total. The molecule has 0 aliphatic carbocycles. The molecule has 22 heavy (non-hydrogen) atoms. The summed E-state index contributed by atoms with van der Waals surface area (Å²) < 4.78 is 16.6. The van der Waals surface area contributed by atoms with Crippen molar-refractivity contribution in [2.75, 3.05) is 19.6 Å². The normalized spacial score (nSPS) is 10.6. The Hall–Kier alpha value is -2.54. The van der Waals surface area contributed by atoms with E-state index in [4.69, 9.17) is 25.8 Å². The van der Waals surface area contributed by atoms with Gasteiger partial charge in [-0.1, -0.05) is 0 Å².